The molecule has 4 aromatic rings. The zero-order chi connectivity index (χ0) is 24.6. The number of para-hydroxylation sites is 1. The number of aromatic amines is 1. The lowest BCUT2D eigenvalue weighted by molar-refractivity contribution is 0.0595. The summed E-state index contributed by atoms with van der Waals surface area (Å²) in [7, 11) is 0. The van der Waals surface area contributed by atoms with Crippen molar-refractivity contribution in [2.45, 2.75) is 44.8 Å². The van der Waals surface area contributed by atoms with E-state index in [1.54, 1.807) is 6.20 Å². The van der Waals surface area contributed by atoms with Gasteiger partial charge in [0.15, 0.2) is 0 Å². The smallest absolute Gasteiger partial charge is 0.259 e. The Bertz CT molecular complexity index is 1460. The molecule has 2 aromatic heterocycles. The minimum absolute atomic E-state index is 0.0176. The van der Waals surface area contributed by atoms with Crippen molar-refractivity contribution in [2.24, 2.45) is 0 Å². The molecule has 2 fully saturated rings. The number of likely N-dealkylation sites (tertiary alicyclic amines) is 1. The monoisotopic (exact) mass is 486 g/mol. The number of nitrogens with one attached hydrogen (secondary N) is 1. The zero-order valence-electron chi connectivity index (χ0n) is 20.4. The van der Waals surface area contributed by atoms with Crippen LogP contribution in [0.3, 0.4) is 0 Å². The fourth-order valence-electron chi connectivity index (χ4n) is 5.47. The minimum Gasteiger partial charge on any atom is -0.490 e. The van der Waals surface area contributed by atoms with Crippen LogP contribution in [0.1, 0.15) is 47.6 Å². The summed E-state index contributed by atoms with van der Waals surface area (Å²) in [5, 5.41) is 5.99. The van der Waals surface area contributed by atoms with Gasteiger partial charge in [-0.15, -0.1) is 0 Å². The topological polar surface area (TPSA) is 89.4 Å². The van der Waals surface area contributed by atoms with E-state index < -0.39 is 0 Å². The number of pyridine rings is 1. The van der Waals surface area contributed by atoms with Crippen LogP contribution in [-0.4, -0.2) is 58.0 Å². The molecule has 0 radical (unpaired) electrons. The Hall–Kier alpha value is -3.65. The van der Waals surface area contributed by atoms with Crippen molar-refractivity contribution >= 4 is 27.7 Å². The van der Waals surface area contributed by atoms with Gasteiger partial charge in [-0.3, -0.25) is 14.3 Å². The van der Waals surface area contributed by atoms with Gasteiger partial charge >= 0.3 is 0 Å². The average molecular weight is 487 g/mol. The van der Waals surface area contributed by atoms with Crippen LogP contribution in [0.4, 0.5) is 0 Å². The van der Waals surface area contributed by atoms with E-state index in [4.69, 9.17) is 9.47 Å². The lowest BCUT2D eigenvalue weighted by Gasteiger charge is -2.32. The highest BCUT2D eigenvalue weighted by molar-refractivity contribution is 6.07. The van der Waals surface area contributed by atoms with Crippen molar-refractivity contribution in [1.29, 1.82) is 0 Å². The molecule has 0 spiro atoms. The molecule has 0 saturated carbocycles. The molecule has 6 rings (SSSR count). The van der Waals surface area contributed by atoms with Crippen LogP contribution in [0.25, 0.3) is 21.8 Å². The summed E-state index contributed by atoms with van der Waals surface area (Å²) in [6, 6.07) is 13.9. The number of rotatable bonds is 4. The fourth-order valence-corrected chi connectivity index (χ4v) is 5.47. The molecule has 36 heavy (non-hydrogen) atoms. The number of aryl methyl sites for hydroxylation is 1. The number of carbonyl (C=O) groups is 1. The maximum absolute atomic E-state index is 13.6. The molecule has 4 heterocycles. The van der Waals surface area contributed by atoms with Crippen molar-refractivity contribution in [3.63, 3.8) is 0 Å². The molecule has 2 aliphatic heterocycles. The molecular weight excluding hydrogens is 456 g/mol. The lowest BCUT2D eigenvalue weighted by Crippen LogP contribution is -2.42. The number of hydrogen-bond acceptors (Lipinski definition) is 5. The van der Waals surface area contributed by atoms with E-state index in [1.807, 2.05) is 59.0 Å². The van der Waals surface area contributed by atoms with Crippen LogP contribution in [0, 0.1) is 6.92 Å². The number of ether oxygens (including phenoxy) is 2. The van der Waals surface area contributed by atoms with Gasteiger partial charge in [-0.1, -0.05) is 18.2 Å². The van der Waals surface area contributed by atoms with Crippen molar-refractivity contribution in [1.82, 2.24) is 19.7 Å². The molecule has 2 saturated heterocycles. The molecule has 8 heteroatoms. The number of hydrogen-bond donors (Lipinski definition) is 1. The van der Waals surface area contributed by atoms with E-state index >= 15 is 0 Å². The van der Waals surface area contributed by atoms with E-state index in [2.05, 4.69) is 10.1 Å². The van der Waals surface area contributed by atoms with Crippen molar-refractivity contribution in [3.8, 4) is 5.75 Å². The lowest BCUT2D eigenvalue weighted by atomic mass is 10.00. The van der Waals surface area contributed by atoms with Gasteiger partial charge in [0.1, 0.15) is 11.9 Å². The van der Waals surface area contributed by atoms with Crippen LogP contribution in [0.5, 0.6) is 5.75 Å². The number of aromatic nitrogens is 3. The highest BCUT2D eigenvalue weighted by Gasteiger charge is 2.27. The fraction of sp³-hybridized carbons (Fsp3) is 0.393. The zero-order valence-corrected chi connectivity index (χ0v) is 20.4. The molecule has 1 amide bonds. The van der Waals surface area contributed by atoms with Gasteiger partial charge in [-0.25, -0.2) is 0 Å². The Balaban J connectivity index is 1.30. The number of amides is 1. The second kappa shape index (κ2) is 9.43. The van der Waals surface area contributed by atoms with Crippen LogP contribution in [0.15, 0.2) is 53.5 Å². The summed E-state index contributed by atoms with van der Waals surface area (Å²) in [6.07, 6.45) is 5.03. The Kier molecular flexibility index (Phi) is 5.97. The van der Waals surface area contributed by atoms with Crippen LogP contribution in [-0.2, 0) is 4.74 Å². The first-order valence-corrected chi connectivity index (χ1v) is 12.7. The van der Waals surface area contributed by atoms with E-state index in [9.17, 15) is 9.59 Å². The third-order valence-electron chi connectivity index (χ3n) is 7.45. The molecule has 2 aliphatic rings. The largest absolute Gasteiger partial charge is 0.490 e. The number of fused-ring (bicyclic) bond motifs is 3. The summed E-state index contributed by atoms with van der Waals surface area (Å²) in [5.41, 5.74) is 2.88. The van der Waals surface area contributed by atoms with Crippen LogP contribution >= 0.6 is 0 Å². The first-order valence-electron chi connectivity index (χ1n) is 12.7. The Morgan fingerprint density at radius 2 is 1.81 bits per heavy atom. The third-order valence-corrected chi connectivity index (χ3v) is 7.45. The summed E-state index contributed by atoms with van der Waals surface area (Å²) >= 11 is 0. The van der Waals surface area contributed by atoms with E-state index in [0.29, 0.717) is 37.3 Å². The average Bonchev–Trinajstić information content (AvgIpc) is 3.36. The van der Waals surface area contributed by atoms with E-state index in [-0.39, 0.29) is 23.6 Å². The molecule has 0 bridgehead atoms. The highest BCUT2D eigenvalue weighted by atomic mass is 16.5. The van der Waals surface area contributed by atoms with Gasteiger partial charge in [0, 0.05) is 50.1 Å². The predicted molar refractivity (Wildman–Crippen MR) is 138 cm³/mol. The summed E-state index contributed by atoms with van der Waals surface area (Å²) < 4.78 is 13.6. The standard InChI is InChI=1S/C28H30N4O4/c1-18-15-25-23(26-24(27(33)30-25)17-29-32(26)19-9-13-35-14-10-19)16-22(18)28(34)31-11-7-21(8-12-31)36-20-5-3-2-4-6-20/h2-6,15-17,19,21H,7-14H2,1H3,(H,30,33). The maximum atomic E-state index is 13.6. The first-order chi connectivity index (χ1) is 17.6. The van der Waals surface area contributed by atoms with Gasteiger partial charge < -0.3 is 19.4 Å². The SMILES string of the molecule is Cc1cc2[nH]c(=O)c3cnn(C4CCOCC4)c3c2cc1C(=O)N1CCC(Oc2ccccc2)CC1. The summed E-state index contributed by atoms with van der Waals surface area (Å²) in [5.74, 6) is 0.885. The third kappa shape index (κ3) is 4.15. The molecule has 1 N–H and O–H groups in total. The van der Waals surface area contributed by atoms with Crippen LogP contribution < -0.4 is 10.3 Å². The molecule has 0 aliphatic carbocycles. The summed E-state index contributed by atoms with van der Waals surface area (Å²) in [4.78, 5) is 31.3. The normalized spacial score (nSPS) is 17.6. The first kappa shape index (κ1) is 22.8. The van der Waals surface area contributed by atoms with Crippen molar-refractivity contribution < 1.29 is 14.3 Å². The van der Waals surface area contributed by atoms with Gasteiger partial charge in [0.2, 0.25) is 0 Å². The quantitative estimate of drug-likeness (QED) is 0.467. The molecule has 2 aromatic carbocycles. The van der Waals surface area contributed by atoms with E-state index in [1.165, 1.54) is 0 Å². The predicted octanol–water partition coefficient (Wildman–Crippen LogP) is 4.22. The molecular formula is C28H30N4O4. The van der Waals surface area contributed by atoms with Gasteiger partial charge in [0.05, 0.1) is 28.7 Å². The molecule has 0 atom stereocenters. The molecule has 186 valence electrons. The Labute approximate surface area is 208 Å². The van der Waals surface area contributed by atoms with Gasteiger partial charge in [-0.05, 0) is 49.6 Å². The van der Waals surface area contributed by atoms with E-state index in [0.717, 1.165) is 53.4 Å². The second-order valence-corrected chi connectivity index (χ2v) is 9.78. The van der Waals surface area contributed by atoms with Crippen molar-refractivity contribution in [3.05, 3.63) is 70.1 Å². The van der Waals surface area contributed by atoms with Gasteiger partial charge in [0.25, 0.3) is 11.5 Å². The number of piperidine rings is 1. The highest BCUT2D eigenvalue weighted by Crippen LogP contribution is 2.30. The minimum atomic E-state index is -0.158. The maximum Gasteiger partial charge on any atom is 0.259 e. The summed E-state index contributed by atoms with van der Waals surface area (Å²) in [6.45, 7) is 4.58. The number of nitrogens with zero attached hydrogens (tertiary/aromatic N) is 3. The van der Waals surface area contributed by atoms with Gasteiger partial charge in [-0.2, -0.15) is 5.10 Å². The Morgan fingerprint density at radius 3 is 2.56 bits per heavy atom. The molecule has 8 nitrogen and oxygen atoms in total. The van der Waals surface area contributed by atoms with Crippen LogP contribution in [0.2, 0.25) is 0 Å². The number of H-pyrrole nitrogens is 1. The van der Waals surface area contributed by atoms with Crippen molar-refractivity contribution in [2.75, 3.05) is 26.3 Å². The Morgan fingerprint density at radius 1 is 1.06 bits per heavy atom. The number of benzene rings is 2. The second-order valence-electron chi connectivity index (χ2n) is 9.78. The number of carbonyl (C=O) groups excluding carboxylic acids is 1. The molecule has 0 unspecified atom stereocenters.